The second-order valence-electron chi connectivity index (χ2n) is 7.64. The largest absolute Gasteiger partial charge is 0.468 e. The molecule has 1 N–H and O–H groups in total. The number of hydrogen-bond acceptors (Lipinski definition) is 5. The molecule has 2 aliphatic heterocycles. The van der Waals surface area contributed by atoms with Crippen molar-refractivity contribution in [2.45, 2.75) is 32.2 Å². The van der Waals surface area contributed by atoms with Crippen LogP contribution < -0.4 is 5.32 Å². The van der Waals surface area contributed by atoms with E-state index < -0.39 is 0 Å². The lowest BCUT2D eigenvalue weighted by molar-refractivity contribution is 0.0536. The van der Waals surface area contributed by atoms with Crippen LogP contribution in [0.3, 0.4) is 0 Å². The number of rotatable bonds is 10. The molecule has 2 atom stereocenters. The van der Waals surface area contributed by atoms with Gasteiger partial charge in [0.2, 0.25) is 0 Å². The van der Waals surface area contributed by atoms with Gasteiger partial charge in [0.25, 0.3) is 0 Å². The van der Waals surface area contributed by atoms with E-state index in [9.17, 15) is 0 Å². The van der Waals surface area contributed by atoms with Crippen LogP contribution in [0.15, 0.2) is 27.8 Å². The molecule has 166 valence electrons. The predicted octanol–water partition coefficient (Wildman–Crippen LogP) is 2.98. The number of furan rings is 1. The van der Waals surface area contributed by atoms with Gasteiger partial charge in [0.05, 0.1) is 38.7 Å². The molecule has 3 heterocycles. The summed E-state index contributed by atoms with van der Waals surface area (Å²) in [5.74, 6) is 2.59. The van der Waals surface area contributed by atoms with E-state index in [1.54, 1.807) is 13.4 Å². The zero-order chi connectivity index (χ0) is 19.6. The van der Waals surface area contributed by atoms with Crippen LogP contribution >= 0.6 is 24.0 Å². The van der Waals surface area contributed by atoms with Crippen LogP contribution in [-0.4, -0.2) is 82.0 Å². The molecule has 0 radical (unpaired) electrons. The average Bonchev–Trinajstić information content (AvgIpc) is 3.48. The molecule has 0 spiro atoms. The highest BCUT2D eigenvalue weighted by molar-refractivity contribution is 14.0. The molecular weight excluding hydrogens is 483 g/mol. The summed E-state index contributed by atoms with van der Waals surface area (Å²) in [6.07, 6.45) is 5.43. The third-order valence-corrected chi connectivity index (χ3v) is 5.57. The third-order valence-electron chi connectivity index (χ3n) is 5.57. The maximum absolute atomic E-state index is 5.74. The molecule has 0 saturated carbocycles. The van der Waals surface area contributed by atoms with E-state index in [0.717, 1.165) is 64.0 Å². The molecule has 2 aliphatic rings. The van der Waals surface area contributed by atoms with Crippen LogP contribution in [0.2, 0.25) is 0 Å². The highest BCUT2D eigenvalue weighted by Gasteiger charge is 2.28. The molecule has 1 aromatic rings. The van der Waals surface area contributed by atoms with Crippen molar-refractivity contribution in [2.75, 3.05) is 66.2 Å². The number of hydrogen-bond donors (Lipinski definition) is 1. The first kappa shape index (κ1) is 24.4. The number of likely N-dealkylation sites (tertiary alicyclic amines) is 2. The van der Waals surface area contributed by atoms with E-state index >= 15 is 0 Å². The van der Waals surface area contributed by atoms with Crippen LogP contribution in [0.25, 0.3) is 0 Å². The van der Waals surface area contributed by atoms with Gasteiger partial charge in [-0.1, -0.05) is 0 Å². The number of nitrogens with one attached hydrogen (secondary N) is 1. The highest BCUT2D eigenvalue weighted by Crippen LogP contribution is 2.26. The van der Waals surface area contributed by atoms with E-state index in [1.165, 1.54) is 12.8 Å². The second kappa shape index (κ2) is 13.5. The molecule has 8 heteroatoms. The number of methoxy groups -OCH3 is 1. The van der Waals surface area contributed by atoms with Gasteiger partial charge in [0.15, 0.2) is 5.96 Å². The predicted molar refractivity (Wildman–Crippen MR) is 126 cm³/mol. The number of ether oxygens (including phenoxy) is 2. The molecule has 3 rings (SSSR count). The lowest BCUT2D eigenvalue weighted by Crippen LogP contribution is -2.41. The summed E-state index contributed by atoms with van der Waals surface area (Å²) in [7, 11) is 1.71. The molecule has 0 aromatic carbocycles. The number of halogens is 1. The molecule has 1 aromatic heterocycles. The zero-order valence-corrected chi connectivity index (χ0v) is 20.2. The Bertz CT molecular complexity index is 578. The fourth-order valence-corrected chi connectivity index (χ4v) is 4.07. The topological polar surface area (TPSA) is 62.5 Å². The van der Waals surface area contributed by atoms with Gasteiger partial charge < -0.3 is 24.1 Å². The van der Waals surface area contributed by atoms with Crippen LogP contribution in [0.4, 0.5) is 0 Å². The van der Waals surface area contributed by atoms with Crippen LogP contribution in [-0.2, 0) is 9.47 Å². The van der Waals surface area contributed by atoms with Crippen LogP contribution in [0, 0.1) is 5.92 Å². The van der Waals surface area contributed by atoms with Crippen LogP contribution in [0.1, 0.15) is 38.0 Å². The van der Waals surface area contributed by atoms with Gasteiger partial charge in [-0.15, -0.1) is 24.0 Å². The number of guanidine groups is 1. The lowest BCUT2D eigenvalue weighted by atomic mass is 10.1. The summed E-state index contributed by atoms with van der Waals surface area (Å²) < 4.78 is 16.5. The van der Waals surface area contributed by atoms with Crippen molar-refractivity contribution in [3.63, 3.8) is 0 Å². The van der Waals surface area contributed by atoms with Gasteiger partial charge in [-0.05, 0) is 51.4 Å². The lowest BCUT2D eigenvalue weighted by Gasteiger charge is -2.26. The number of nitrogens with zero attached hydrogens (tertiary/aromatic N) is 3. The second-order valence-corrected chi connectivity index (χ2v) is 7.64. The van der Waals surface area contributed by atoms with Gasteiger partial charge in [0, 0.05) is 32.7 Å². The summed E-state index contributed by atoms with van der Waals surface area (Å²) in [6.45, 7) is 10.1. The summed E-state index contributed by atoms with van der Waals surface area (Å²) in [4.78, 5) is 9.88. The summed E-state index contributed by atoms with van der Waals surface area (Å²) in [5, 5.41) is 3.48. The minimum absolute atomic E-state index is 0. The maximum Gasteiger partial charge on any atom is 0.193 e. The molecular formula is C21H37IN4O3. The van der Waals surface area contributed by atoms with Crippen molar-refractivity contribution < 1.29 is 13.9 Å². The van der Waals surface area contributed by atoms with Gasteiger partial charge >= 0.3 is 0 Å². The molecule has 2 unspecified atom stereocenters. The van der Waals surface area contributed by atoms with Crippen LogP contribution in [0.5, 0.6) is 0 Å². The van der Waals surface area contributed by atoms with Gasteiger partial charge in [-0.3, -0.25) is 9.89 Å². The fourth-order valence-electron chi connectivity index (χ4n) is 4.07. The van der Waals surface area contributed by atoms with Crippen molar-refractivity contribution in [1.29, 1.82) is 0 Å². The molecule has 0 amide bonds. The first-order valence-electron chi connectivity index (χ1n) is 10.7. The fraction of sp³-hybridized carbons (Fsp3) is 0.762. The van der Waals surface area contributed by atoms with Gasteiger partial charge in [-0.2, -0.15) is 0 Å². The quantitative estimate of drug-likeness (QED) is 0.222. The Balaban J connectivity index is 0.00000300. The summed E-state index contributed by atoms with van der Waals surface area (Å²) >= 11 is 0. The van der Waals surface area contributed by atoms with Gasteiger partial charge in [0.1, 0.15) is 5.76 Å². The van der Waals surface area contributed by atoms with Crippen molar-refractivity contribution in [1.82, 2.24) is 15.1 Å². The van der Waals surface area contributed by atoms with E-state index in [-0.39, 0.29) is 30.0 Å². The Morgan fingerprint density at radius 2 is 2.14 bits per heavy atom. The van der Waals surface area contributed by atoms with Crippen molar-refractivity contribution in [3.8, 4) is 0 Å². The Kier molecular flexibility index (Phi) is 11.3. The first-order valence-corrected chi connectivity index (χ1v) is 10.7. The smallest absolute Gasteiger partial charge is 0.193 e. The third kappa shape index (κ3) is 7.41. The Morgan fingerprint density at radius 1 is 1.31 bits per heavy atom. The highest BCUT2D eigenvalue weighted by atomic mass is 127. The minimum Gasteiger partial charge on any atom is -0.468 e. The Labute approximate surface area is 192 Å². The van der Waals surface area contributed by atoms with E-state index in [2.05, 4.69) is 28.1 Å². The molecule has 0 aliphatic carbocycles. The van der Waals surface area contributed by atoms with E-state index in [4.69, 9.17) is 18.9 Å². The van der Waals surface area contributed by atoms with E-state index in [0.29, 0.717) is 19.1 Å². The molecule has 29 heavy (non-hydrogen) atoms. The molecule has 0 bridgehead atoms. The molecule has 7 nitrogen and oxygen atoms in total. The summed E-state index contributed by atoms with van der Waals surface area (Å²) in [6, 6.07) is 4.28. The van der Waals surface area contributed by atoms with Crippen molar-refractivity contribution >= 4 is 29.9 Å². The Hall–Kier alpha value is -0.840. The minimum atomic E-state index is 0. The monoisotopic (exact) mass is 520 g/mol. The first-order chi connectivity index (χ1) is 13.8. The van der Waals surface area contributed by atoms with Crippen molar-refractivity contribution in [2.24, 2.45) is 10.9 Å². The zero-order valence-electron chi connectivity index (χ0n) is 17.8. The Morgan fingerprint density at radius 3 is 2.83 bits per heavy atom. The molecule has 2 saturated heterocycles. The average molecular weight is 520 g/mol. The SMILES string of the molecule is CCNC(=NCC(c1ccco1)N1CCCC1)N1CCC(COCCOC)C1.I. The van der Waals surface area contributed by atoms with Crippen molar-refractivity contribution in [3.05, 3.63) is 24.2 Å². The van der Waals surface area contributed by atoms with Gasteiger partial charge in [-0.25, -0.2) is 0 Å². The summed E-state index contributed by atoms with van der Waals surface area (Å²) in [5.41, 5.74) is 0. The van der Waals surface area contributed by atoms with E-state index in [1.807, 2.05) is 6.07 Å². The maximum atomic E-state index is 5.74. The molecule has 2 fully saturated rings. The number of aliphatic imine (C=N–C) groups is 1. The standard InChI is InChI=1S/C21H36N4O3.HI/c1-3-22-21(25-11-8-18(16-25)17-27-14-13-26-2)23-15-19(20-7-6-12-28-20)24-9-4-5-10-24;/h6-7,12,18-19H,3-5,8-11,13-17H2,1-2H3,(H,22,23);1H. The normalized spacial score (nSPS) is 21.4.